The fourth-order valence-corrected chi connectivity index (χ4v) is 2.11. The summed E-state index contributed by atoms with van der Waals surface area (Å²) >= 11 is 0. The molecule has 0 saturated carbocycles. The summed E-state index contributed by atoms with van der Waals surface area (Å²) in [4.78, 5) is 58.1. The van der Waals surface area contributed by atoms with Crippen molar-refractivity contribution >= 4 is 29.7 Å². The van der Waals surface area contributed by atoms with Crippen molar-refractivity contribution in [2.75, 3.05) is 6.54 Å². The van der Waals surface area contributed by atoms with Crippen molar-refractivity contribution < 1.29 is 34.2 Å². The number of carbonyl (C=O) groups excluding carboxylic acids is 3. The highest BCUT2D eigenvalue weighted by Crippen LogP contribution is 2.09. The number of amides is 3. The van der Waals surface area contributed by atoms with Crippen LogP contribution in [0.4, 0.5) is 0 Å². The van der Waals surface area contributed by atoms with Gasteiger partial charge in [0.25, 0.3) is 0 Å². The van der Waals surface area contributed by atoms with E-state index in [9.17, 15) is 24.0 Å². The maximum atomic E-state index is 12.6. The quantitative estimate of drug-likeness (QED) is 0.231. The highest BCUT2D eigenvalue weighted by atomic mass is 16.4. The molecule has 3 amide bonds. The topological polar surface area (TPSA) is 188 Å². The molecule has 0 aliphatic heterocycles. The zero-order valence-electron chi connectivity index (χ0n) is 15.7. The third-order valence-corrected chi connectivity index (χ3v) is 4.01. The van der Waals surface area contributed by atoms with E-state index < -0.39 is 54.2 Å². The van der Waals surface area contributed by atoms with E-state index in [0.717, 1.165) is 0 Å². The van der Waals surface area contributed by atoms with Gasteiger partial charge in [-0.25, -0.2) is 0 Å². The van der Waals surface area contributed by atoms with Gasteiger partial charge in [-0.05, 0) is 19.3 Å². The van der Waals surface area contributed by atoms with Gasteiger partial charge in [0.2, 0.25) is 17.7 Å². The van der Waals surface area contributed by atoms with Gasteiger partial charge in [0.15, 0.2) is 0 Å². The summed E-state index contributed by atoms with van der Waals surface area (Å²) in [5, 5.41) is 24.8. The van der Waals surface area contributed by atoms with E-state index in [1.165, 1.54) is 6.92 Å². The number of nitrogens with two attached hydrogens (primary N) is 1. The Morgan fingerprint density at radius 2 is 1.56 bits per heavy atom. The first kappa shape index (κ1) is 24.3. The predicted octanol–water partition coefficient (Wildman–Crippen LogP) is -1.59. The Bertz CT molecular complexity index is 567. The highest BCUT2D eigenvalue weighted by molar-refractivity contribution is 5.93. The van der Waals surface area contributed by atoms with E-state index in [4.69, 9.17) is 15.9 Å². The predicted molar refractivity (Wildman–Crippen MR) is 94.5 cm³/mol. The zero-order valence-corrected chi connectivity index (χ0v) is 15.7. The van der Waals surface area contributed by atoms with E-state index in [1.807, 2.05) is 6.92 Å². The molecule has 0 bridgehead atoms. The lowest BCUT2D eigenvalue weighted by molar-refractivity contribution is -0.142. The van der Waals surface area contributed by atoms with Crippen LogP contribution in [0.25, 0.3) is 0 Å². The summed E-state index contributed by atoms with van der Waals surface area (Å²) < 4.78 is 0. The Kier molecular flexibility index (Phi) is 10.7. The van der Waals surface area contributed by atoms with Gasteiger partial charge in [0, 0.05) is 6.42 Å². The van der Waals surface area contributed by atoms with Crippen molar-refractivity contribution in [1.29, 1.82) is 0 Å². The Balaban J connectivity index is 5.30. The van der Waals surface area contributed by atoms with Gasteiger partial charge in [0.1, 0.15) is 18.1 Å². The summed E-state index contributed by atoms with van der Waals surface area (Å²) in [5.41, 5.74) is 5.25. The third-order valence-electron chi connectivity index (χ3n) is 4.01. The molecule has 7 N–H and O–H groups in total. The first-order valence-electron chi connectivity index (χ1n) is 8.58. The standard InChI is InChI=1S/C16H28N4O7/c1-4-8(2)13(20-11(21)7-17)15(25)19-10(5-6-12(22)23)14(24)18-9(3)16(26)27/h8-10,13H,4-7,17H2,1-3H3,(H,18,24)(H,19,25)(H,20,21)(H,22,23)(H,26,27). The number of carbonyl (C=O) groups is 5. The summed E-state index contributed by atoms with van der Waals surface area (Å²) in [6.07, 6.45) is -0.106. The normalized spacial score (nSPS) is 15.0. The number of hydrogen-bond donors (Lipinski definition) is 6. The maximum Gasteiger partial charge on any atom is 0.325 e. The fraction of sp³-hybridized carbons (Fsp3) is 0.688. The summed E-state index contributed by atoms with van der Waals surface area (Å²) in [6, 6.07) is -3.45. The lowest BCUT2D eigenvalue weighted by atomic mass is 9.97. The second-order valence-electron chi connectivity index (χ2n) is 6.20. The first-order chi connectivity index (χ1) is 12.5. The number of carboxylic acids is 2. The molecular weight excluding hydrogens is 360 g/mol. The van der Waals surface area contributed by atoms with Crippen molar-refractivity contribution in [1.82, 2.24) is 16.0 Å². The number of carboxylic acid groups (broad SMARTS) is 2. The van der Waals surface area contributed by atoms with Crippen LogP contribution in [-0.4, -0.2) is 64.5 Å². The Hall–Kier alpha value is -2.69. The van der Waals surface area contributed by atoms with Gasteiger partial charge >= 0.3 is 11.9 Å². The molecule has 4 atom stereocenters. The summed E-state index contributed by atoms with van der Waals surface area (Å²) in [7, 11) is 0. The lowest BCUT2D eigenvalue weighted by Crippen LogP contribution is -2.57. The van der Waals surface area contributed by atoms with Crippen LogP contribution in [-0.2, 0) is 24.0 Å². The maximum absolute atomic E-state index is 12.6. The Labute approximate surface area is 157 Å². The molecular formula is C16H28N4O7. The largest absolute Gasteiger partial charge is 0.481 e. The molecule has 0 aromatic heterocycles. The van der Waals surface area contributed by atoms with E-state index in [1.54, 1.807) is 6.92 Å². The number of rotatable bonds is 12. The van der Waals surface area contributed by atoms with Crippen molar-refractivity contribution in [3.05, 3.63) is 0 Å². The van der Waals surface area contributed by atoms with Crippen LogP contribution in [0.3, 0.4) is 0 Å². The molecule has 27 heavy (non-hydrogen) atoms. The van der Waals surface area contributed by atoms with Crippen LogP contribution in [0, 0.1) is 5.92 Å². The van der Waals surface area contributed by atoms with Crippen LogP contribution in [0.5, 0.6) is 0 Å². The minimum absolute atomic E-state index is 0.239. The average molecular weight is 388 g/mol. The summed E-state index contributed by atoms with van der Waals surface area (Å²) in [6.45, 7) is 4.45. The molecule has 4 unspecified atom stereocenters. The van der Waals surface area contributed by atoms with Crippen molar-refractivity contribution in [2.24, 2.45) is 11.7 Å². The van der Waals surface area contributed by atoms with Crippen molar-refractivity contribution in [3.63, 3.8) is 0 Å². The van der Waals surface area contributed by atoms with Gasteiger partial charge < -0.3 is 31.9 Å². The molecule has 0 heterocycles. The Morgan fingerprint density at radius 3 is 2.00 bits per heavy atom. The van der Waals surface area contributed by atoms with Gasteiger partial charge in [-0.1, -0.05) is 20.3 Å². The van der Waals surface area contributed by atoms with E-state index in [0.29, 0.717) is 6.42 Å². The minimum atomic E-state index is -1.28. The highest BCUT2D eigenvalue weighted by Gasteiger charge is 2.30. The van der Waals surface area contributed by atoms with E-state index in [2.05, 4.69) is 16.0 Å². The summed E-state index contributed by atoms with van der Waals surface area (Å²) in [5.74, 6) is -4.79. The molecule has 11 nitrogen and oxygen atoms in total. The first-order valence-corrected chi connectivity index (χ1v) is 8.58. The molecule has 0 fully saturated rings. The van der Waals surface area contributed by atoms with Crippen LogP contribution in [0.2, 0.25) is 0 Å². The van der Waals surface area contributed by atoms with Crippen molar-refractivity contribution in [3.8, 4) is 0 Å². The van der Waals surface area contributed by atoms with Crippen LogP contribution in [0.15, 0.2) is 0 Å². The van der Waals surface area contributed by atoms with Crippen molar-refractivity contribution in [2.45, 2.75) is 58.2 Å². The van der Waals surface area contributed by atoms with Crippen LogP contribution in [0.1, 0.15) is 40.0 Å². The second-order valence-corrected chi connectivity index (χ2v) is 6.20. The number of aliphatic carboxylic acids is 2. The van der Waals surface area contributed by atoms with E-state index >= 15 is 0 Å². The smallest absolute Gasteiger partial charge is 0.325 e. The molecule has 0 saturated heterocycles. The van der Waals surface area contributed by atoms with Gasteiger partial charge in [0.05, 0.1) is 6.54 Å². The molecule has 0 rings (SSSR count). The minimum Gasteiger partial charge on any atom is -0.481 e. The zero-order chi connectivity index (χ0) is 21.1. The molecule has 0 aromatic carbocycles. The molecule has 0 aliphatic carbocycles. The SMILES string of the molecule is CCC(C)C(NC(=O)CN)C(=O)NC(CCC(=O)O)C(=O)NC(C)C(=O)O. The average Bonchev–Trinajstić information content (AvgIpc) is 2.61. The third kappa shape index (κ3) is 8.99. The van der Waals surface area contributed by atoms with Gasteiger partial charge in [-0.15, -0.1) is 0 Å². The lowest BCUT2D eigenvalue weighted by Gasteiger charge is -2.26. The van der Waals surface area contributed by atoms with Crippen LogP contribution < -0.4 is 21.7 Å². The molecule has 0 radical (unpaired) electrons. The molecule has 0 aromatic rings. The number of nitrogens with one attached hydrogen (secondary N) is 3. The van der Waals surface area contributed by atoms with Gasteiger partial charge in [-0.2, -0.15) is 0 Å². The van der Waals surface area contributed by atoms with Gasteiger partial charge in [-0.3, -0.25) is 24.0 Å². The molecule has 154 valence electrons. The second kappa shape index (κ2) is 11.8. The molecule has 0 aliphatic rings. The van der Waals surface area contributed by atoms with E-state index in [-0.39, 0.29) is 18.9 Å². The number of hydrogen-bond acceptors (Lipinski definition) is 6. The van der Waals surface area contributed by atoms with Crippen LogP contribution >= 0.6 is 0 Å². The monoisotopic (exact) mass is 388 g/mol. The molecule has 11 heteroatoms. The fourth-order valence-electron chi connectivity index (χ4n) is 2.11. The Morgan fingerprint density at radius 1 is 0.963 bits per heavy atom. The molecule has 0 spiro atoms.